The van der Waals surface area contributed by atoms with Crippen molar-refractivity contribution >= 4 is 37.4 Å². The third kappa shape index (κ3) is 1.25. The second-order valence-corrected chi connectivity index (χ2v) is 4.27. The zero-order valence-corrected chi connectivity index (χ0v) is 8.75. The van der Waals surface area contributed by atoms with Gasteiger partial charge in [-0.25, -0.2) is 4.39 Å². The van der Waals surface area contributed by atoms with Crippen molar-refractivity contribution in [2.75, 3.05) is 0 Å². The summed E-state index contributed by atoms with van der Waals surface area (Å²) in [5.41, 5.74) is 0.0850. The Balaban J connectivity index is 2.95. The first kappa shape index (κ1) is 8.67. The van der Waals surface area contributed by atoms with E-state index in [1.807, 2.05) is 12.1 Å². The number of nitriles is 1. The predicted molar refractivity (Wildman–Crippen MR) is 54.2 cm³/mol. The molecular weight excluding hydrogens is 253 g/mol. The van der Waals surface area contributed by atoms with Gasteiger partial charge in [0.1, 0.15) is 6.07 Å². The molecule has 0 spiro atoms. The number of thiophene rings is 1. The van der Waals surface area contributed by atoms with Crippen LogP contribution in [0.25, 0.3) is 10.1 Å². The number of rotatable bonds is 0. The highest BCUT2D eigenvalue weighted by Crippen LogP contribution is 2.32. The van der Waals surface area contributed by atoms with Gasteiger partial charge >= 0.3 is 0 Å². The van der Waals surface area contributed by atoms with Crippen molar-refractivity contribution in [2.45, 2.75) is 0 Å². The summed E-state index contributed by atoms with van der Waals surface area (Å²) in [6.07, 6.45) is 0. The number of fused-ring (bicyclic) bond motifs is 1. The van der Waals surface area contributed by atoms with Crippen LogP contribution in [0.3, 0.4) is 0 Å². The molecular formula is C9H3BrFNS. The number of halogens is 2. The molecule has 1 heterocycles. The molecule has 0 aliphatic carbocycles. The summed E-state index contributed by atoms with van der Waals surface area (Å²) in [4.78, 5) is 0. The van der Waals surface area contributed by atoms with Gasteiger partial charge < -0.3 is 0 Å². The van der Waals surface area contributed by atoms with E-state index in [9.17, 15) is 4.39 Å². The fourth-order valence-corrected chi connectivity index (χ4v) is 2.69. The van der Waals surface area contributed by atoms with Crippen LogP contribution in [0, 0.1) is 17.1 Å². The van der Waals surface area contributed by atoms with Crippen LogP contribution in [0.4, 0.5) is 4.39 Å². The molecule has 13 heavy (non-hydrogen) atoms. The second-order valence-electron chi connectivity index (χ2n) is 2.50. The molecule has 0 amide bonds. The van der Waals surface area contributed by atoms with Crippen LogP contribution in [-0.4, -0.2) is 0 Å². The second kappa shape index (κ2) is 3.09. The minimum atomic E-state index is -0.421. The highest BCUT2D eigenvalue weighted by Gasteiger charge is 2.10. The van der Waals surface area contributed by atoms with Crippen molar-refractivity contribution in [1.82, 2.24) is 0 Å². The molecule has 2 aromatic rings. The summed E-state index contributed by atoms with van der Waals surface area (Å²) in [7, 11) is 0. The van der Waals surface area contributed by atoms with E-state index in [1.54, 1.807) is 5.38 Å². The van der Waals surface area contributed by atoms with Gasteiger partial charge in [0.15, 0.2) is 5.82 Å². The molecule has 4 heteroatoms. The third-order valence-electron chi connectivity index (χ3n) is 1.75. The van der Waals surface area contributed by atoms with E-state index in [2.05, 4.69) is 15.9 Å². The molecule has 0 aliphatic rings. The lowest BCUT2D eigenvalue weighted by atomic mass is 10.2. The van der Waals surface area contributed by atoms with Crippen LogP contribution >= 0.6 is 27.3 Å². The lowest BCUT2D eigenvalue weighted by Gasteiger charge is -1.97. The average Bonchev–Trinajstić information content (AvgIpc) is 2.60. The van der Waals surface area contributed by atoms with Crippen LogP contribution in [0.2, 0.25) is 0 Å². The maximum absolute atomic E-state index is 13.4. The summed E-state index contributed by atoms with van der Waals surface area (Å²) in [6.45, 7) is 0. The van der Waals surface area contributed by atoms with Gasteiger partial charge in [-0.15, -0.1) is 11.3 Å². The quantitative estimate of drug-likeness (QED) is 0.705. The minimum Gasteiger partial charge on any atom is -0.204 e. The van der Waals surface area contributed by atoms with Gasteiger partial charge in [0, 0.05) is 9.86 Å². The Hall–Kier alpha value is -0.920. The van der Waals surface area contributed by atoms with E-state index in [4.69, 9.17) is 5.26 Å². The molecule has 2 rings (SSSR count). The lowest BCUT2D eigenvalue weighted by molar-refractivity contribution is 0.637. The van der Waals surface area contributed by atoms with Crippen LogP contribution in [0.1, 0.15) is 5.56 Å². The third-order valence-corrected chi connectivity index (χ3v) is 3.31. The standard InChI is InChI=1S/C9H3BrFNS/c10-7-3-5(4-12)8(11)9-6(7)1-2-13-9/h1-3H. The fraction of sp³-hybridized carbons (Fsp3) is 0. The van der Waals surface area contributed by atoms with Crippen molar-refractivity contribution in [3.8, 4) is 6.07 Å². The van der Waals surface area contributed by atoms with Crippen molar-refractivity contribution < 1.29 is 4.39 Å². The Bertz CT molecular complexity index is 512. The van der Waals surface area contributed by atoms with E-state index < -0.39 is 5.82 Å². The zero-order valence-electron chi connectivity index (χ0n) is 6.34. The highest BCUT2D eigenvalue weighted by atomic mass is 79.9. The molecule has 0 saturated heterocycles. The van der Waals surface area contributed by atoms with E-state index in [0.29, 0.717) is 4.70 Å². The first-order valence-electron chi connectivity index (χ1n) is 3.49. The van der Waals surface area contributed by atoms with Crippen LogP contribution in [0.5, 0.6) is 0 Å². The Morgan fingerprint density at radius 3 is 3.00 bits per heavy atom. The maximum Gasteiger partial charge on any atom is 0.158 e. The SMILES string of the molecule is N#Cc1cc(Br)c2ccsc2c1F. The summed E-state index contributed by atoms with van der Waals surface area (Å²) in [5, 5.41) is 11.3. The summed E-state index contributed by atoms with van der Waals surface area (Å²) in [5.74, 6) is -0.421. The molecule has 0 N–H and O–H groups in total. The van der Waals surface area contributed by atoms with Crippen molar-refractivity contribution in [3.05, 3.63) is 33.4 Å². The number of nitrogens with zero attached hydrogens (tertiary/aromatic N) is 1. The topological polar surface area (TPSA) is 23.8 Å². The summed E-state index contributed by atoms with van der Waals surface area (Å²) in [6, 6.07) is 5.15. The Morgan fingerprint density at radius 2 is 2.31 bits per heavy atom. The van der Waals surface area contributed by atoms with Gasteiger partial charge in [-0.1, -0.05) is 15.9 Å². The fourth-order valence-electron chi connectivity index (χ4n) is 1.14. The first-order valence-corrected chi connectivity index (χ1v) is 5.16. The smallest absolute Gasteiger partial charge is 0.158 e. The van der Waals surface area contributed by atoms with E-state index in [1.165, 1.54) is 17.4 Å². The van der Waals surface area contributed by atoms with Gasteiger partial charge in [0.2, 0.25) is 0 Å². The highest BCUT2D eigenvalue weighted by molar-refractivity contribution is 9.10. The summed E-state index contributed by atoms with van der Waals surface area (Å²) >= 11 is 4.59. The monoisotopic (exact) mass is 255 g/mol. The lowest BCUT2D eigenvalue weighted by Crippen LogP contribution is -1.83. The molecule has 0 bridgehead atoms. The number of hydrogen-bond donors (Lipinski definition) is 0. The minimum absolute atomic E-state index is 0.0850. The normalized spacial score (nSPS) is 10.2. The largest absolute Gasteiger partial charge is 0.204 e. The van der Waals surface area contributed by atoms with E-state index in [0.717, 1.165) is 9.86 Å². The predicted octanol–water partition coefficient (Wildman–Crippen LogP) is 3.67. The van der Waals surface area contributed by atoms with Gasteiger partial charge in [-0.05, 0) is 17.5 Å². The van der Waals surface area contributed by atoms with E-state index >= 15 is 0 Å². The Kier molecular flexibility index (Phi) is 2.06. The number of hydrogen-bond acceptors (Lipinski definition) is 2. The van der Waals surface area contributed by atoms with Crippen LogP contribution < -0.4 is 0 Å². The van der Waals surface area contributed by atoms with Crippen LogP contribution in [0.15, 0.2) is 22.0 Å². The van der Waals surface area contributed by atoms with Gasteiger partial charge in [0.05, 0.1) is 10.3 Å². The Labute approximate surface area is 86.5 Å². The van der Waals surface area contributed by atoms with E-state index in [-0.39, 0.29) is 5.56 Å². The van der Waals surface area contributed by atoms with Crippen molar-refractivity contribution in [2.24, 2.45) is 0 Å². The maximum atomic E-state index is 13.4. The zero-order chi connectivity index (χ0) is 9.42. The van der Waals surface area contributed by atoms with Crippen molar-refractivity contribution in [3.63, 3.8) is 0 Å². The molecule has 0 saturated carbocycles. The molecule has 1 nitrogen and oxygen atoms in total. The average molecular weight is 256 g/mol. The van der Waals surface area contributed by atoms with Gasteiger partial charge in [-0.3, -0.25) is 0 Å². The summed E-state index contributed by atoms with van der Waals surface area (Å²) < 4.78 is 14.7. The molecule has 1 aromatic carbocycles. The van der Waals surface area contributed by atoms with Gasteiger partial charge in [0.25, 0.3) is 0 Å². The molecule has 0 atom stereocenters. The molecule has 0 unspecified atom stereocenters. The number of benzene rings is 1. The molecule has 64 valence electrons. The molecule has 0 fully saturated rings. The van der Waals surface area contributed by atoms with Gasteiger partial charge in [-0.2, -0.15) is 5.26 Å². The molecule has 0 radical (unpaired) electrons. The van der Waals surface area contributed by atoms with Crippen molar-refractivity contribution in [1.29, 1.82) is 5.26 Å². The molecule has 0 aliphatic heterocycles. The first-order chi connectivity index (χ1) is 6.24. The van der Waals surface area contributed by atoms with Crippen LogP contribution in [-0.2, 0) is 0 Å². The Morgan fingerprint density at radius 1 is 1.54 bits per heavy atom. The molecule has 1 aromatic heterocycles.